The summed E-state index contributed by atoms with van der Waals surface area (Å²) in [4.78, 5) is 12.6. The molecule has 5 nitrogen and oxygen atoms in total. The predicted molar refractivity (Wildman–Crippen MR) is 127 cm³/mol. The Morgan fingerprint density at radius 1 is 1.26 bits per heavy atom. The van der Waals surface area contributed by atoms with Crippen LogP contribution >= 0.6 is 23.3 Å². The molecule has 4 rings (SSSR count). The van der Waals surface area contributed by atoms with Crippen molar-refractivity contribution in [1.82, 2.24) is 0 Å². The number of allylic oxidation sites excluding steroid dienone is 3. The molecule has 1 aromatic carbocycles. The van der Waals surface area contributed by atoms with E-state index in [-0.39, 0.29) is 0 Å². The first-order valence-corrected chi connectivity index (χ1v) is 12.3. The first-order chi connectivity index (χ1) is 15.1. The molecular formula is C24H27NO4S2. The highest BCUT2D eigenvalue weighted by Crippen LogP contribution is 2.44. The number of carboxylic acids is 1. The van der Waals surface area contributed by atoms with Gasteiger partial charge in [-0.2, -0.15) is 0 Å². The summed E-state index contributed by atoms with van der Waals surface area (Å²) >= 11 is 3.66. The summed E-state index contributed by atoms with van der Waals surface area (Å²) in [6, 6.07) is 9.87. The minimum absolute atomic E-state index is 0.352. The van der Waals surface area contributed by atoms with E-state index in [0.29, 0.717) is 19.6 Å². The third kappa shape index (κ3) is 5.53. The molecule has 1 aliphatic carbocycles. The Morgan fingerprint density at radius 3 is 2.87 bits per heavy atom. The molecule has 0 amide bonds. The van der Waals surface area contributed by atoms with Crippen LogP contribution in [0.3, 0.4) is 0 Å². The third-order valence-electron chi connectivity index (χ3n) is 5.31. The summed E-state index contributed by atoms with van der Waals surface area (Å²) in [6.45, 7) is 3.75. The van der Waals surface area contributed by atoms with Crippen molar-refractivity contribution in [2.24, 2.45) is 0 Å². The SMILES string of the molecule is CCOC(Cc1ccc(OCCCN2SC3=C(CC=C3)Cc3ccsc32)cc1)C(=O)O. The van der Waals surface area contributed by atoms with Gasteiger partial charge in [0.25, 0.3) is 0 Å². The average molecular weight is 458 g/mol. The van der Waals surface area contributed by atoms with E-state index in [1.54, 1.807) is 6.92 Å². The first kappa shape index (κ1) is 22.0. The zero-order valence-corrected chi connectivity index (χ0v) is 19.2. The van der Waals surface area contributed by atoms with E-state index in [2.05, 4.69) is 27.9 Å². The van der Waals surface area contributed by atoms with E-state index in [1.165, 1.54) is 21.0 Å². The molecule has 2 aliphatic rings. The maximum Gasteiger partial charge on any atom is 0.333 e. The maximum absolute atomic E-state index is 11.2. The fourth-order valence-corrected chi connectivity index (χ4v) is 5.95. The molecule has 31 heavy (non-hydrogen) atoms. The van der Waals surface area contributed by atoms with Gasteiger partial charge in [-0.25, -0.2) is 4.79 Å². The minimum Gasteiger partial charge on any atom is -0.494 e. The molecule has 1 N–H and O–H groups in total. The van der Waals surface area contributed by atoms with Gasteiger partial charge in [-0.3, -0.25) is 0 Å². The van der Waals surface area contributed by atoms with Gasteiger partial charge < -0.3 is 18.9 Å². The first-order valence-electron chi connectivity index (χ1n) is 10.6. The number of anilines is 1. The monoisotopic (exact) mass is 457 g/mol. The molecule has 0 fully saturated rings. The number of carbonyl (C=O) groups is 1. The second kappa shape index (κ2) is 10.4. The molecule has 2 heterocycles. The topological polar surface area (TPSA) is 59.0 Å². The van der Waals surface area contributed by atoms with Crippen LogP contribution in [0.4, 0.5) is 5.00 Å². The summed E-state index contributed by atoms with van der Waals surface area (Å²) < 4.78 is 13.6. The molecule has 0 radical (unpaired) electrons. The molecule has 1 aliphatic heterocycles. The van der Waals surface area contributed by atoms with Gasteiger partial charge in [0.15, 0.2) is 6.10 Å². The van der Waals surface area contributed by atoms with Crippen molar-refractivity contribution >= 4 is 34.3 Å². The fourth-order valence-electron chi connectivity index (χ4n) is 3.75. The lowest BCUT2D eigenvalue weighted by Gasteiger charge is -2.21. The number of ether oxygens (including phenoxy) is 2. The lowest BCUT2D eigenvalue weighted by molar-refractivity contribution is -0.149. The number of fused-ring (bicyclic) bond motifs is 1. The summed E-state index contributed by atoms with van der Waals surface area (Å²) in [5, 5.41) is 12.8. The van der Waals surface area contributed by atoms with Crippen LogP contribution in [0.5, 0.6) is 5.75 Å². The maximum atomic E-state index is 11.2. The quantitative estimate of drug-likeness (QED) is 0.377. The second-order valence-corrected chi connectivity index (χ2v) is 9.49. The molecule has 0 bridgehead atoms. The average Bonchev–Trinajstić information content (AvgIpc) is 3.38. The number of benzene rings is 1. The molecule has 7 heteroatoms. The van der Waals surface area contributed by atoms with Gasteiger partial charge in [0.05, 0.1) is 6.61 Å². The van der Waals surface area contributed by atoms with Gasteiger partial charge >= 0.3 is 5.97 Å². The van der Waals surface area contributed by atoms with Crippen molar-refractivity contribution in [1.29, 1.82) is 0 Å². The highest BCUT2D eigenvalue weighted by molar-refractivity contribution is 8.04. The Bertz CT molecular complexity index is 964. The van der Waals surface area contributed by atoms with Crippen LogP contribution in [0.2, 0.25) is 0 Å². The molecule has 2 aromatic rings. The van der Waals surface area contributed by atoms with Crippen molar-refractivity contribution in [3.63, 3.8) is 0 Å². The summed E-state index contributed by atoms with van der Waals surface area (Å²) in [7, 11) is 0. The molecule has 1 aromatic heterocycles. The van der Waals surface area contributed by atoms with E-state index in [1.807, 2.05) is 47.6 Å². The van der Waals surface area contributed by atoms with Gasteiger partial charge in [0.2, 0.25) is 0 Å². The zero-order valence-electron chi connectivity index (χ0n) is 17.6. The lowest BCUT2D eigenvalue weighted by atomic mass is 10.1. The Labute approximate surface area is 191 Å². The third-order valence-corrected chi connectivity index (χ3v) is 7.61. The van der Waals surface area contributed by atoms with Crippen LogP contribution in [0, 0.1) is 0 Å². The van der Waals surface area contributed by atoms with Crippen LogP contribution in [-0.4, -0.2) is 36.9 Å². The van der Waals surface area contributed by atoms with E-state index >= 15 is 0 Å². The molecule has 1 atom stereocenters. The Balaban J connectivity index is 1.27. The van der Waals surface area contributed by atoms with Gasteiger partial charge in [0.1, 0.15) is 10.8 Å². The second-order valence-electron chi connectivity index (χ2n) is 7.53. The number of aliphatic carboxylic acids is 1. The number of nitrogens with zero attached hydrogens (tertiary/aromatic N) is 1. The van der Waals surface area contributed by atoms with Crippen LogP contribution in [0.25, 0.3) is 0 Å². The van der Waals surface area contributed by atoms with Crippen molar-refractivity contribution in [2.75, 3.05) is 24.1 Å². The highest BCUT2D eigenvalue weighted by Gasteiger charge is 2.23. The molecule has 0 saturated heterocycles. The fraction of sp³-hybridized carbons (Fsp3) is 0.375. The lowest BCUT2D eigenvalue weighted by Crippen LogP contribution is -2.26. The van der Waals surface area contributed by atoms with E-state index in [0.717, 1.165) is 37.1 Å². The number of hydrogen-bond acceptors (Lipinski definition) is 6. The zero-order chi connectivity index (χ0) is 21.6. The Kier molecular flexibility index (Phi) is 7.37. The van der Waals surface area contributed by atoms with E-state index in [4.69, 9.17) is 9.47 Å². The van der Waals surface area contributed by atoms with Crippen LogP contribution in [0.15, 0.2) is 58.3 Å². The summed E-state index contributed by atoms with van der Waals surface area (Å²) in [6.07, 6.45) is 7.10. The van der Waals surface area contributed by atoms with Crippen molar-refractivity contribution < 1.29 is 19.4 Å². The van der Waals surface area contributed by atoms with Gasteiger partial charge in [-0.1, -0.05) is 24.3 Å². The number of hydrogen-bond donors (Lipinski definition) is 1. The Morgan fingerprint density at radius 2 is 2.10 bits per heavy atom. The standard InChI is InChI=1S/C24H27NO4S2/c1-2-28-21(24(26)27)15-17-7-9-20(10-8-17)29-13-4-12-25-23-19(11-14-30-23)16-18-5-3-6-22(18)31-25/h3,6-11,14,21H,2,4-5,12-13,15-16H2,1H3,(H,26,27). The van der Waals surface area contributed by atoms with Gasteiger partial charge in [-0.05, 0) is 72.0 Å². The highest BCUT2D eigenvalue weighted by atomic mass is 32.2. The normalized spacial score (nSPS) is 16.1. The van der Waals surface area contributed by atoms with Crippen molar-refractivity contribution in [3.05, 3.63) is 69.5 Å². The number of rotatable bonds is 10. The predicted octanol–water partition coefficient (Wildman–Crippen LogP) is 5.47. The van der Waals surface area contributed by atoms with Crippen molar-refractivity contribution in [3.8, 4) is 5.75 Å². The van der Waals surface area contributed by atoms with E-state index < -0.39 is 12.1 Å². The molecule has 164 valence electrons. The van der Waals surface area contributed by atoms with Crippen LogP contribution in [-0.2, 0) is 22.4 Å². The Hall–Kier alpha value is -2.22. The summed E-state index contributed by atoms with van der Waals surface area (Å²) in [5.41, 5.74) is 3.88. The molecule has 1 unspecified atom stereocenters. The molecule has 0 saturated carbocycles. The molecule has 0 spiro atoms. The largest absolute Gasteiger partial charge is 0.494 e. The van der Waals surface area contributed by atoms with Crippen molar-refractivity contribution in [2.45, 2.75) is 38.7 Å². The van der Waals surface area contributed by atoms with Gasteiger partial charge in [-0.15, -0.1) is 11.3 Å². The molecular weight excluding hydrogens is 430 g/mol. The van der Waals surface area contributed by atoms with E-state index in [9.17, 15) is 9.90 Å². The van der Waals surface area contributed by atoms with Crippen LogP contribution < -0.4 is 9.04 Å². The number of thiophene rings is 1. The number of carboxylic acid groups (broad SMARTS) is 1. The smallest absolute Gasteiger partial charge is 0.333 e. The summed E-state index contributed by atoms with van der Waals surface area (Å²) in [5.74, 6) is -0.130. The minimum atomic E-state index is -0.932. The van der Waals surface area contributed by atoms with Gasteiger partial charge in [0, 0.05) is 30.9 Å². The van der Waals surface area contributed by atoms with Crippen LogP contribution in [0.1, 0.15) is 30.9 Å².